The molecule has 59 heavy (non-hydrogen) atoms. The molecule has 0 saturated carbocycles. The first kappa shape index (κ1) is 33.8. The van der Waals surface area contributed by atoms with Gasteiger partial charge in [-0.2, -0.15) is 0 Å². The van der Waals surface area contributed by atoms with Crippen LogP contribution in [0.4, 0.5) is 34.1 Å². The molecule has 0 amide bonds. The summed E-state index contributed by atoms with van der Waals surface area (Å²) in [4.78, 5) is 4.74. The summed E-state index contributed by atoms with van der Waals surface area (Å²) in [6, 6.07) is 65.3. The van der Waals surface area contributed by atoms with E-state index < -0.39 is 0 Å². The maximum absolute atomic E-state index is 6.69. The van der Waals surface area contributed by atoms with Gasteiger partial charge in [0.25, 0.3) is 0 Å². The Morgan fingerprint density at radius 1 is 0.356 bits per heavy atom. The fourth-order valence-corrected chi connectivity index (χ4v) is 10.3. The second-order valence-corrected chi connectivity index (χ2v) is 16.5. The van der Waals surface area contributed by atoms with Crippen LogP contribution in [0.25, 0.3) is 74.8 Å². The van der Waals surface area contributed by atoms with E-state index in [1.165, 1.54) is 42.1 Å². The van der Waals surface area contributed by atoms with Crippen LogP contribution in [0, 0.1) is 13.8 Å². The first-order valence-corrected chi connectivity index (χ1v) is 20.8. The SMILES string of the molecule is Cc1cccc(N(c2ccc3sc4cc(N(c5cccc(C)c5)c5cccc6c5oc5ccccc56)c5ccccc5c4c3c2)c2cccc3c2oc2ccccc23)c1. The number of aryl methyl sites for hydroxylation is 2. The van der Waals surface area contributed by atoms with Crippen LogP contribution >= 0.6 is 11.3 Å². The third-order valence-electron chi connectivity index (χ3n) is 11.7. The lowest BCUT2D eigenvalue weighted by molar-refractivity contribution is 0.668. The van der Waals surface area contributed by atoms with E-state index in [0.717, 1.165) is 78.0 Å². The number of furan rings is 2. The number of hydrogen-bond donors (Lipinski definition) is 0. The van der Waals surface area contributed by atoms with E-state index in [1.54, 1.807) is 0 Å². The molecule has 12 aromatic rings. The highest BCUT2D eigenvalue weighted by Gasteiger charge is 2.25. The van der Waals surface area contributed by atoms with E-state index in [0.29, 0.717) is 0 Å². The average Bonchev–Trinajstić information content (AvgIpc) is 3.96. The van der Waals surface area contributed by atoms with Gasteiger partial charge in [0.15, 0.2) is 11.2 Å². The van der Waals surface area contributed by atoms with Crippen LogP contribution in [0.15, 0.2) is 191 Å². The van der Waals surface area contributed by atoms with Crippen molar-refractivity contribution in [3.8, 4) is 0 Å². The van der Waals surface area contributed by atoms with Gasteiger partial charge in [0.2, 0.25) is 0 Å². The summed E-state index contributed by atoms with van der Waals surface area (Å²) in [5, 5.41) is 9.29. The Balaban J connectivity index is 1.11. The van der Waals surface area contributed by atoms with Gasteiger partial charge < -0.3 is 18.6 Å². The van der Waals surface area contributed by atoms with Crippen molar-refractivity contribution in [3.63, 3.8) is 0 Å². The Hall–Kier alpha value is -7.34. The molecule has 280 valence electrons. The van der Waals surface area contributed by atoms with Crippen LogP contribution in [0.3, 0.4) is 0 Å². The standard InChI is InChI=1S/C54H36N2O2S/c1-33-13-9-15-35(29-33)55(45-23-11-21-42-39-18-5-7-25-48(39)57-53(42)45)37-27-28-50-44(31-37)52-41-20-4-3-17-38(41)47(32-51(52)59-50)56(36-16-10-14-34(2)30-36)46-24-12-22-43-40-19-6-8-26-49(40)58-54(43)46/h3-32H,1-2H3. The van der Waals surface area contributed by atoms with Crippen molar-refractivity contribution < 1.29 is 8.83 Å². The smallest absolute Gasteiger partial charge is 0.159 e. The van der Waals surface area contributed by atoms with Crippen LogP contribution in [0.5, 0.6) is 0 Å². The number of para-hydroxylation sites is 4. The molecule has 12 rings (SSSR count). The zero-order chi connectivity index (χ0) is 39.2. The Morgan fingerprint density at radius 2 is 0.864 bits per heavy atom. The van der Waals surface area contributed by atoms with Gasteiger partial charge in [0.1, 0.15) is 11.2 Å². The molecule has 0 aliphatic rings. The lowest BCUT2D eigenvalue weighted by Crippen LogP contribution is -2.11. The van der Waals surface area contributed by atoms with E-state index in [-0.39, 0.29) is 0 Å². The summed E-state index contributed by atoms with van der Waals surface area (Å²) in [6.07, 6.45) is 0. The monoisotopic (exact) mass is 776 g/mol. The zero-order valence-corrected chi connectivity index (χ0v) is 33.3. The molecule has 3 aromatic heterocycles. The first-order valence-electron chi connectivity index (χ1n) is 20.0. The Labute approximate surface area is 344 Å². The molecule has 0 N–H and O–H groups in total. The van der Waals surface area contributed by atoms with Crippen LogP contribution in [-0.2, 0) is 0 Å². The van der Waals surface area contributed by atoms with Crippen molar-refractivity contribution in [1.82, 2.24) is 0 Å². The normalized spacial score (nSPS) is 11.9. The van der Waals surface area contributed by atoms with Crippen molar-refractivity contribution in [2.24, 2.45) is 0 Å². The highest BCUT2D eigenvalue weighted by atomic mass is 32.1. The minimum Gasteiger partial charge on any atom is -0.454 e. The van der Waals surface area contributed by atoms with Crippen LogP contribution in [0.2, 0.25) is 0 Å². The van der Waals surface area contributed by atoms with Gasteiger partial charge >= 0.3 is 0 Å². The third kappa shape index (κ3) is 5.28. The molecule has 0 radical (unpaired) electrons. The molecule has 0 aliphatic carbocycles. The number of rotatable bonds is 6. The highest BCUT2D eigenvalue weighted by molar-refractivity contribution is 7.26. The van der Waals surface area contributed by atoms with Crippen LogP contribution in [0.1, 0.15) is 11.1 Å². The summed E-state index contributed by atoms with van der Waals surface area (Å²) in [5.41, 5.74) is 12.3. The van der Waals surface area contributed by atoms with Gasteiger partial charge in [-0.1, -0.05) is 109 Å². The largest absolute Gasteiger partial charge is 0.454 e. The van der Waals surface area contributed by atoms with Gasteiger partial charge in [-0.3, -0.25) is 0 Å². The van der Waals surface area contributed by atoms with Gasteiger partial charge in [0.05, 0.1) is 17.1 Å². The lowest BCUT2D eigenvalue weighted by Gasteiger charge is -2.27. The van der Waals surface area contributed by atoms with Crippen molar-refractivity contribution in [3.05, 3.63) is 193 Å². The molecule has 3 heterocycles. The van der Waals surface area contributed by atoms with E-state index in [2.05, 4.69) is 194 Å². The Kier molecular flexibility index (Phi) is 7.50. The number of nitrogens with zero attached hydrogens (tertiary/aromatic N) is 2. The molecular formula is C54H36N2O2S. The topological polar surface area (TPSA) is 32.8 Å². The van der Waals surface area contributed by atoms with Gasteiger partial charge in [-0.15, -0.1) is 11.3 Å². The molecule has 4 nitrogen and oxygen atoms in total. The summed E-state index contributed by atoms with van der Waals surface area (Å²) >= 11 is 1.84. The summed E-state index contributed by atoms with van der Waals surface area (Å²) in [7, 11) is 0. The van der Waals surface area contributed by atoms with Crippen molar-refractivity contribution in [2.75, 3.05) is 9.80 Å². The summed E-state index contributed by atoms with van der Waals surface area (Å²) < 4.78 is 15.8. The van der Waals surface area contributed by atoms with Crippen molar-refractivity contribution in [2.45, 2.75) is 13.8 Å². The van der Waals surface area contributed by atoms with Gasteiger partial charge in [-0.05, 0) is 103 Å². The summed E-state index contributed by atoms with van der Waals surface area (Å²) in [5.74, 6) is 0. The fraction of sp³-hybridized carbons (Fsp3) is 0.0370. The van der Waals surface area contributed by atoms with E-state index in [4.69, 9.17) is 8.83 Å². The third-order valence-corrected chi connectivity index (χ3v) is 12.8. The number of thiophene rings is 1. The molecule has 9 aromatic carbocycles. The van der Waals surface area contributed by atoms with Gasteiger partial charge in [0, 0.05) is 64.2 Å². The first-order chi connectivity index (χ1) is 29.1. The molecule has 0 bridgehead atoms. The van der Waals surface area contributed by atoms with E-state index in [1.807, 2.05) is 23.5 Å². The predicted molar refractivity (Wildman–Crippen MR) is 250 cm³/mol. The lowest BCUT2D eigenvalue weighted by atomic mass is 10.00. The van der Waals surface area contributed by atoms with Crippen LogP contribution < -0.4 is 9.80 Å². The highest BCUT2D eigenvalue weighted by Crippen LogP contribution is 2.50. The number of anilines is 6. The quantitative estimate of drug-likeness (QED) is 0.168. The number of hydrogen-bond acceptors (Lipinski definition) is 5. The fourth-order valence-electron chi connectivity index (χ4n) is 9.12. The van der Waals surface area contributed by atoms with E-state index in [9.17, 15) is 0 Å². The Bertz CT molecular complexity index is 3630. The summed E-state index contributed by atoms with van der Waals surface area (Å²) in [6.45, 7) is 4.31. The molecule has 0 fully saturated rings. The minimum atomic E-state index is 0.871. The Morgan fingerprint density at radius 3 is 1.49 bits per heavy atom. The molecular weight excluding hydrogens is 741 g/mol. The second-order valence-electron chi connectivity index (χ2n) is 15.4. The van der Waals surface area contributed by atoms with Gasteiger partial charge in [-0.25, -0.2) is 0 Å². The zero-order valence-electron chi connectivity index (χ0n) is 32.4. The number of fused-ring (bicyclic) bond motifs is 11. The average molecular weight is 777 g/mol. The minimum absolute atomic E-state index is 0.871. The molecule has 0 unspecified atom stereocenters. The van der Waals surface area contributed by atoms with Crippen LogP contribution in [-0.4, -0.2) is 0 Å². The van der Waals surface area contributed by atoms with E-state index >= 15 is 0 Å². The predicted octanol–water partition coefficient (Wildman–Crippen LogP) is 16.6. The maximum atomic E-state index is 6.69. The second kappa shape index (κ2) is 13.1. The maximum Gasteiger partial charge on any atom is 0.159 e. The molecule has 0 spiro atoms. The molecule has 0 atom stereocenters. The molecule has 5 heteroatoms. The van der Waals surface area contributed by atoms with Crippen molar-refractivity contribution in [1.29, 1.82) is 0 Å². The number of benzene rings is 9. The molecule has 0 saturated heterocycles. The van der Waals surface area contributed by atoms with Crippen molar-refractivity contribution >= 4 is 120 Å². The molecule has 0 aliphatic heterocycles.